The molecule has 0 bridgehead atoms. The third-order valence-electron chi connectivity index (χ3n) is 5.44. The molecule has 3 heterocycles. The molecule has 9 heteroatoms. The minimum absolute atomic E-state index is 0.0748. The van der Waals surface area contributed by atoms with Gasteiger partial charge >= 0.3 is 5.91 Å². The molecule has 5 rings (SSSR count). The van der Waals surface area contributed by atoms with E-state index in [2.05, 4.69) is 20.8 Å². The van der Waals surface area contributed by atoms with Crippen molar-refractivity contribution in [3.63, 3.8) is 0 Å². The number of fused-ring (bicyclic) bond motifs is 1. The minimum Gasteiger partial charge on any atom is -0.486 e. The fraction of sp³-hybridized carbons (Fsp3) is 0.250. The summed E-state index contributed by atoms with van der Waals surface area (Å²) in [6.07, 6.45) is 2.23. The lowest BCUT2D eigenvalue weighted by Gasteiger charge is -2.06. The molecule has 2 amide bonds. The maximum Gasteiger partial charge on any atom is 0.305 e. The molecule has 1 aliphatic rings. The largest absolute Gasteiger partial charge is 0.486 e. The number of aryl methyl sites for hydroxylation is 2. The van der Waals surface area contributed by atoms with Crippen LogP contribution >= 0.6 is 11.3 Å². The molecule has 0 aliphatic heterocycles. The van der Waals surface area contributed by atoms with Gasteiger partial charge in [-0.2, -0.15) is 0 Å². The number of rotatable bonds is 6. The summed E-state index contributed by atoms with van der Waals surface area (Å²) in [5.41, 5.74) is 6.56. The van der Waals surface area contributed by atoms with Gasteiger partial charge in [-0.05, 0) is 56.5 Å². The van der Waals surface area contributed by atoms with Crippen molar-refractivity contribution in [2.75, 3.05) is 0 Å². The zero-order chi connectivity index (χ0) is 22.9. The predicted octanol–water partition coefficient (Wildman–Crippen LogP) is 4.43. The van der Waals surface area contributed by atoms with E-state index in [4.69, 9.17) is 9.15 Å². The molecular formula is C24H22N4O4S. The monoisotopic (exact) mass is 462 g/mol. The number of hydrogen-bond acceptors (Lipinski definition) is 7. The summed E-state index contributed by atoms with van der Waals surface area (Å²) < 4.78 is 11.1. The van der Waals surface area contributed by atoms with E-state index in [1.54, 1.807) is 6.07 Å². The van der Waals surface area contributed by atoms with Gasteiger partial charge in [0.2, 0.25) is 0 Å². The van der Waals surface area contributed by atoms with Crippen molar-refractivity contribution < 1.29 is 18.7 Å². The summed E-state index contributed by atoms with van der Waals surface area (Å²) >= 11 is 1.31. The lowest BCUT2D eigenvalue weighted by molar-refractivity contribution is 0.0830. The van der Waals surface area contributed by atoms with Crippen molar-refractivity contribution in [1.82, 2.24) is 20.8 Å². The lowest BCUT2D eigenvalue weighted by atomic mass is 10.1. The minimum atomic E-state index is -0.555. The Bertz CT molecular complexity index is 1340. The average molecular weight is 463 g/mol. The first-order chi connectivity index (χ1) is 16.0. The van der Waals surface area contributed by atoms with Crippen LogP contribution in [0.15, 0.2) is 46.9 Å². The Morgan fingerprint density at radius 3 is 2.58 bits per heavy atom. The molecule has 3 aromatic heterocycles. The molecular weight excluding hydrogens is 440 g/mol. The second-order valence-corrected chi connectivity index (χ2v) is 8.95. The van der Waals surface area contributed by atoms with Crippen LogP contribution in [0.4, 0.5) is 0 Å². The molecule has 1 fully saturated rings. The molecule has 0 atom stereocenters. The van der Waals surface area contributed by atoms with Crippen molar-refractivity contribution in [2.45, 2.75) is 39.2 Å². The number of hydrazine groups is 1. The molecule has 1 saturated carbocycles. The number of amides is 2. The number of hydrogen-bond donors (Lipinski definition) is 2. The number of nitrogens with one attached hydrogen (secondary N) is 2. The molecule has 0 radical (unpaired) electrons. The van der Waals surface area contributed by atoms with Gasteiger partial charge in [-0.25, -0.2) is 9.97 Å². The van der Waals surface area contributed by atoms with Crippen molar-refractivity contribution in [3.05, 3.63) is 75.9 Å². The number of thiophene rings is 1. The number of furan rings is 1. The molecule has 0 unspecified atom stereocenters. The molecule has 2 N–H and O–H groups in total. The van der Waals surface area contributed by atoms with Gasteiger partial charge in [-0.3, -0.25) is 20.4 Å². The first-order valence-electron chi connectivity index (χ1n) is 10.6. The normalized spacial score (nSPS) is 13.2. The van der Waals surface area contributed by atoms with Gasteiger partial charge in [0.05, 0.1) is 10.6 Å². The van der Waals surface area contributed by atoms with Crippen LogP contribution in [0.2, 0.25) is 0 Å². The summed E-state index contributed by atoms with van der Waals surface area (Å²) in [6, 6.07) is 12.5. The second kappa shape index (κ2) is 8.67. The number of ether oxygens (including phenoxy) is 1. The van der Waals surface area contributed by atoms with Gasteiger partial charge in [0, 0.05) is 11.3 Å². The van der Waals surface area contributed by atoms with E-state index in [0.717, 1.165) is 40.1 Å². The summed E-state index contributed by atoms with van der Waals surface area (Å²) in [4.78, 5) is 35.8. The van der Waals surface area contributed by atoms with Crippen LogP contribution < -0.4 is 15.6 Å². The maximum atomic E-state index is 12.8. The Morgan fingerprint density at radius 2 is 1.82 bits per heavy atom. The molecule has 1 aromatic carbocycles. The number of aromatic nitrogens is 2. The van der Waals surface area contributed by atoms with Crippen LogP contribution in [0.25, 0.3) is 10.2 Å². The van der Waals surface area contributed by atoms with E-state index in [1.807, 2.05) is 44.2 Å². The number of nitrogens with zero attached hydrogens (tertiary/aromatic N) is 2. The molecule has 33 heavy (non-hydrogen) atoms. The van der Waals surface area contributed by atoms with Crippen molar-refractivity contribution in [2.24, 2.45) is 0 Å². The van der Waals surface area contributed by atoms with Crippen LogP contribution in [-0.2, 0) is 6.61 Å². The zero-order valence-corrected chi connectivity index (χ0v) is 19.0. The third-order valence-corrected chi connectivity index (χ3v) is 6.62. The molecule has 0 spiro atoms. The predicted molar refractivity (Wildman–Crippen MR) is 123 cm³/mol. The molecule has 1 aliphatic carbocycles. The van der Waals surface area contributed by atoms with Gasteiger partial charge in [0.15, 0.2) is 5.76 Å². The van der Waals surface area contributed by atoms with E-state index in [-0.39, 0.29) is 12.4 Å². The standard InChI is InChI=1S/C24H22N4O4S/c1-13-19-14(2)25-21(15-8-9-15)26-24(19)33-20(13)23(30)28-27-22(29)18-11-10-17(32-18)12-31-16-6-4-3-5-7-16/h3-7,10-11,15H,8-9,12H2,1-2H3,(H,27,29)(H,28,30). The summed E-state index contributed by atoms with van der Waals surface area (Å²) in [5, 5.41) is 0.898. The highest BCUT2D eigenvalue weighted by atomic mass is 32.1. The Balaban J connectivity index is 1.22. The fourth-order valence-corrected chi connectivity index (χ4v) is 4.72. The summed E-state index contributed by atoms with van der Waals surface area (Å²) in [7, 11) is 0. The molecule has 4 aromatic rings. The Labute approximate surface area is 194 Å². The average Bonchev–Trinajstić information content (AvgIpc) is 3.47. The number of para-hydroxylation sites is 1. The smallest absolute Gasteiger partial charge is 0.305 e. The van der Waals surface area contributed by atoms with E-state index in [1.165, 1.54) is 17.4 Å². The Morgan fingerprint density at radius 1 is 1.06 bits per heavy atom. The lowest BCUT2D eigenvalue weighted by Crippen LogP contribution is -2.41. The van der Waals surface area contributed by atoms with Crippen molar-refractivity contribution in [3.8, 4) is 5.75 Å². The van der Waals surface area contributed by atoms with Crippen LogP contribution in [0.1, 0.15) is 61.8 Å². The highest BCUT2D eigenvalue weighted by molar-refractivity contribution is 7.20. The highest BCUT2D eigenvalue weighted by Gasteiger charge is 2.28. The number of benzene rings is 1. The molecule has 168 valence electrons. The SMILES string of the molecule is Cc1nc(C2CC2)nc2sc(C(=O)NNC(=O)c3ccc(COc4ccccc4)o3)c(C)c12. The highest BCUT2D eigenvalue weighted by Crippen LogP contribution is 2.40. The summed E-state index contributed by atoms with van der Waals surface area (Å²) in [6.45, 7) is 4.00. The Hall–Kier alpha value is -3.72. The van der Waals surface area contributed by atoms with Gasteiger partial charge in [0.25, 0.3) is 5.91 Å². The number of carbonyl (C=O) groups excluding carboxylic acids is 2. The number of carbonyl (C=O) groups is 2. The first kappa shape index (κ1) is 21.1. The van der Waals surface area contributed by atoms with E-state index in [9.17, 15) is 9.59 Å². The molecule has 8 nitrogen and oxygen atoms in total. The third kappa shape index (κ3) is 4.45. The summed E-state index contributed by atoms with van der Waals surface area (Å²) in [5.74, 6) is 1.60. The van der Waals surface area contributed by atoms with Gasteiger partial charge in [-0.15, -0.1) is 11.3 Å². The fourth-order valence-electron chi connectivity index (χ4n) is 3.58. The second-order valence-electron chi connectivity index (χ2n) is 7.95. The van der Waals surface area contributed by atoms with E-state index >= 15 is 0 Å². The quantitative estimate of drug-likeness (QED) is 0.411. The first-order valence-corrected chi connectivity index (χ1v) is 11.5. The van der Waals surface area contributed by atoms with Crippen LogP contribution in [-0.4, -0.2) is 21.8 Å². The van der Waals surface area contributed by atoms with E-state index in [0.29, 0.717) is 22.3 Å². The molecule has 0 saturated heterocycles. The van der Waals surface area contributed by atoms with Crippen LogP contribution in [0, 0.1) is 13.8 Å². The topological polar surface area (TPSA) is 106 Å². The van der Waals surface area contributed by atoms with Gasteiger partial charge < -0.3 is 9.15 Å². The van der Waals surface area contributed by atoms with Gasteiger partial charge in [-0.1, -0.05) is 18.2 Å². The zero-order valence-electron chi connectivity index (χ0n) is 18.2. The van der Waals surface area contributed by atoms with Gasteiger partial charge in [0.1, 0.15) is 28.8 Å². The van der Waals surface area contributed by atoms with Crippen LogP contribution in [0.3, 0.4) is 0 Å². The Kier molecular flexibility index (Phi) is 5.55. The van der Waals surface area contributed by atoms with Crippen LogP contribution in [0.5, 0.6) is 5.75 Å². The van der Waals surface area contributed by atoms with Crippen molar-refractivity contribution >= 4 is 33.4 Å². The van der Waals surface area contributed by atoms with Crippen molar-refractivity contribution in [1.29, 1.82) is 0 Å². The maximum absolute atomic E-state index is 12.8. The van der Waals surface area contributed by atoms with E-state index < -0.39 is 11.8 Å².